The molecule has 3 rings (SSSR count). The van der Waals surface area contributed by atoms with Gasteiger partial charge in [0.2, 0.25) is 0 Å². The summed E-state index contributed by atoms with van der Waals surface area (Å²) < 4.78 is 13.6. The number of aromatic nitrogens is 2. The van der Waals surface area contributed by atoms with Gasteiger partial charge in [-0.2, -0.15) is 0 Å². The predicted molar refractivity (Wildman–Crippen MR) is 89.8 cm³/mol. The maximum atomic E-state index is 13.6. The number of hydrogen-bond donors (Lipinski definition) is 1. The SMILES string of the molecule is Cc1ccc(C(=O)NCc2ccnc(-c3ccncc3)c2)cc1F. The highest BCUT2D eigenvalue weighted by Crippen LogP contribution is 2.16. The van der Waals surface area contributed by atoms with Gasteiger partial charge in [-0.05, 0) is 54.4 Å². The van der Waals surface area contributed by atoms with E-state index in [1.54, 1.807) is 37.6 Å². The van der Waals surface area contributed by atoms with Gasteiger partial charge in [-0.25, -0.2) is 4.39 Å². The number of pyridine rings is 2. The number of aryl methyl sites for hydroxylation is 1. The lowest BCUT2D eigenvalue weighted by molar-refractivity contribution is 0.0950. The normalized spacial score (nSPS) is 10.4. The molecular weight excluding hydrogens is 305 g/mol. The van der Waals surface area contributed by atoms with Crippen LogP contribution in [0.4, 0.5) is 4.39 Å². The molecule has 0 atom stereocenters. The summed E-state index contributed by atoms with van der Waals surface area (Å²) in [5.41, 5.74) is 3.51. The number of nitrogens with one attached hydrogen (secondary N) is 1. The molecule has 0 radical (unpaired) electrons. The van der Waals surface area contributed by atoms with Crippen molar-refractivity contribution in [1.82, 2.24) is 15.3 Å². The molecule has 120 valence electrons. The van der Waals surface area contributed by atoms with Gasteiger partial charge in [0, 0.05) is 36.3 Å². The van der Waals surface area contributed by atoms with Crippen LogP contribution in [0.3, 0.4) is 0 Å². The van der Waals surface area contributed by atoms with Crippen LogP contribution in [-0.4, -0.2) is 15.9 Å². The van der Waals surface area contributed by atoms with Crippen LogP contribution in [0.5, 0.6) is 0 Å². The lowest BCUT2D eigenvalue weighted by Crippen LogP contribution is -2.23. The first-order chi connectivity index (χ1) is 11.6. The zero-order valence-electron chi connectivity index (χ0n) is 13.2. The Morgan fingerprint density at radius 3 is 2.62 bits per heavy atom. The fraction of sp³-hybridized carbons (Fsp3) is 0.105. The smallest absolute Gasteiger partial charge is 0.251 e. The number of carbonyl (C=O) groups excluding carboxylic acids is 1. The van der Waals surface area contributed by atoms with E-state index in [9.17, 15) is 9.18 Å². The largest absolute Gasteiger partial charge is 0.348 e. The van der Waals surface area contributed by atoms with Crippen LogP contribution in [0.1, 0.15) is 21.5 Å². The molecule has 4 nitrogen and oxygen atoms in total. The van der Waals surface area contributed by atoms with E-state index in [1.807, 2.05) is 24.3 Å². The van der Waals surface area contributed by atoms with Gasteiger partial charge in [-0.3, -0.25) is 14.8 Å². The molecule has 1 amide bonds. The molecule has 2 aromatic heterocycles. The van der Waals surface area contributed by atoms with Crippen LogP contribution in [-0.2, 0) is 6.54 Å². The topological polar surface area (TPSA) is 54.9 Å². The highest BCUT2D eigenvalue weighted by Gasteiger charge is 2.08. The molecule has 0 bridgehead atoms. The molecule has 0 aliphatic carbocycles. The number of halogens is 1. The molecule has 3 aromatic rings. The third kappa shape index (κ3) is 3.63. The van der Waals surface area contributed by atoms with Crippen LogP contribution in [0, 0.1) is 12.7 Å². The molecule has 1 aromatic carbocycles. The number of rotatable bonds is 4. The molecular formula is C19H16FN3O. The standard InChI is InChI=1S/C19H16FN3O/c1-13-2-3-16(11-17(13)20)19(24)23-12-14-4-9-22-18(10-14)15-5-7-21-8-6-15/h2-11H,12H2,1H3,(H,23,24). The molecule has 5 heteroatoms. The van der Waals surface area contributed by atoms with Crippen molar-refractivity contribution in [3.8, 4) is 11.3 Å². The Labute approximate surface area is 139 Å². The van der Waals surface area contributed by atoms with E-state index in [0.717, 1.165) is 16.8 Å². The van der Waals surface area contributed by atoms with Gasteiger partial charge in [0.15, 0.2) is 0 Å². The first kappa shape index (κ1) is 15.8. The van der Waals surface area contributed by atoms with Crippen LogP contribution in [0.2, 0.25) is 0 Å². The molecule has 1 N–H and O–H groups in total. The summed E-state index contributed by atoms with van der Waals surface area (Å²) in [5, 5.41) is 2.79. The van der Waals surface area contributed by atoms with Crippen molar-refractivity contribution in [2.24, 2.45) is 0 Å². The lowest BCUT2D eigenvalue weighted by atomic mass is 10.1. The minimum atomic E-state index is -0.383. The number of carbonyl (C=O) groups is 1. The summed E-state index contributed by atoms with van der Waals surface area (Å²) in [4.78, 5) is 20.4. The van der Waals surface area contributed by atoms with Gasteiger partial charge in [-0.15, -0.1) is 0 Å². The van der Waals surface area contributed by atoms with E-state index in [2.05, 4.69) is 15.3 Å². The summed E-state index contributed by atoms with van der Waals surface area (Å²) in [6.07, 6.45) is 5.11. The lowest BCUT2D eigenvalue weighted by Gasteiger charge is -2.08. The van der Waals surface area contributed by atoms with Gasteiger partial charge in [0.1, 0.15) is 5.82 Å². The quantitative estimate of drug-likeness (QED) is 0.800. The van der Waals surface area contributed by atoms with E-state index >= 15 is 0 Å². The summed E-state index contributed by atoms with van der Waals surface area (Å²) in [5.74, 6) is -0.692. The summed E-state index contributed by atoms with van der Waals surface area (Å²) in [6, 6.07) is 12.0. The summed E-state index contributed by atoms with van der Waals surface area (Å²) in [7, 11) is 0. The number of nitrogens with zero attached hydrogens (tertiary/aromatic N) is 2. The highest BCUT2D eigenvalue weighted by atomic mass is 19.1. The van der Waals surface area contributed by atoms with E-state index in [4.69, 9.17) is 0 Å². The molecule has 2 heterocycles. The Hall–Kier alpha value is -3.08. The first-order valence-electron chi connectivity index (χ1n) is 7.53. The maximum absolute atomic E-state index is 13.6. The minimum absolute atomic E-state index is 0.307. The molecule has 0 unspecified atom stereocenters. The van der Waals surface area contributed by atoms with Crippen LogP contribution >= 0.6 is 0 Å². The van der Waals surface area contributed by atoms with E-state index < -0.39 is 0 Å². The Balaban J connectivity index is 1.70. The summed E-state index contributed by atoms with van der Waals surface area (Å²) >= 11 is 0. The molecule has 0 aliphatic rings. The Morgan fingerprint density at radius 2 is 1.88 bits per heavy atom. The van der Waals surface area contributed by atoms with Crippen molar-refractivity contribution >= 4 is 5.91 Å². The van der Waals surface area contributed by atoms with Crippen LogP contribution < -0.4 is 5.32 Å². The third-order valence-corrected chi connectivity index (χ3v) is 3.69. The maximum Gasteiger partial charge on any atom is 0.251 e. The average molecular weight is 321 g/mol. The molecule has 24 heavy (non-hydrogen) atoms. The van der Waals surface area contributed by atoms with Crippen molar-refractivity contribution in [1.29, 1.82) is 0 Å². The molecule has 0 saturated heterocycles. The fourth-order valence-electron chi connectivity index (χ4n) is 2.28. The number of hydrogen-bond acceptors (Lipinski definition) is 3. The van der Waals surface area contributed by atoms with E-state index in [1.165, 1.54) is 6.07 Å². The van der Waals surface area contributed by atoms with Gasteiger partial charge in [-0.1, -0.05) is 6.07 Å². The minimum Gasteiger partial charge on any atom is -0.348 e. The van der Waals surface area contributed by atoms with Crippen LogP contribution in [0.25, 0.3) is 11.3 Å². The second-order valence-corrected chi connectivity index (χ2v) is 5.43. The molecule has 0 spiro atoms. The predicted octanol–water partition coefficient (Wildman–Crippen LogP) is 3.52. The third-order valence-electron chi connectivity index (χ3n) is 3.69. The van der Waals surface area contributed by atoms with Gasteiger partial charge >= 0.3 is 0 Å². The number of amides is 1. The van der Waals surface area contributed by atoms with Crippen molar-refractivity contribution < 1.29 is 9.18 Å². The average Bonchev–Trinajstić information content (AvgIpc) is 2.63. The second-order valence-electron chi connectivity index (χ2n) is 5.43. The van der Waals surface area contributed by atoms with Crippen molar-refractivity contribution in [2.45, 2.75) is 13.5 Å². The monoisotopic (exact) mass is 321 g/mol. The van der Waals surface area contributed by atoms with E-state index in [0.29, 0.717) is 17.7 Å². The van der Waals surface area contributed by atoms with E-state index in [-0.39, 0.29) is 11.7 Å². The van der Waals surface area contributed by atoms with Gasteiger partial charge < -0.3 is 5.32 Å². The van der Waals surface area contributed by atoms with Crippen molar-refractivity contribution in [2.75, 3.05) is 0 Å². The van der Waals surface area contributed by atoms with Gasteiger partial charge in [0.25, 0.3) is 5.91 Å². The Kier molecular flexibility index (Phi) is 4.61. The Morgan fingerprint density at radius 1 is 1.08 bits per heavy atom. The first-order valence-corrected chi connectivity index (χ1v) is 7.53. The molecule has 0 aliphatic heterocycles. The molecule has 0 fully saturated rings. The highest BCUT2D eigenvalue weighted by molar-refractivity contribution is 5.94. The Bertz CT molecular complexity index is 865. The van der Waals surface area contributed by atoms with Crippen molar-refractivity contribution in [3.05, 3.63) is 83.6 Å². The van der Waals surface area contributed by atoms with Gasteiger partial charge in [0.05, 0.1) is 5.69 Å². The number of benzene rings is 1. The van der Waals surface area contributed by atoms with Crippen molar-refractivity contribution in [3.63, 3.8) is 0 Å². The zero-order valence-corrected chi connectivity index (χ0v) is 13.2. The zero-order chi connectivity index (χ0) is 16.9. The second kappa shape index (κ2) is 7.00. The fourth-order valence-corrected chi connectivity index (χ4v) is 2.28. The molecule has 0 saturated carbocycles. The van der Waals surface area contributed by atoms with Crippen LogP contribution in [0.15, 0.2) is 61.1 Å². The summed E-state index contributed by atoms with van der Waals surface area (Å²) in [6.45, 7) is 2.00.